The summed E-state index contributed by atoms with van der Waals surface area (Å²) in [6.07, 6.45) is 0. The second-order valence-corrected chi connectivity index (χ2v) is 4.64. The fraction of sp³-hybridized carbons (Fsp3) is 0.125. The number of para-hydroxylation sites is 2. The molecule has 21 heavy (non-hydrogen) atoms. The van der Waals surface area contributed by atoms with Gasteiger partial charge in [-0.15, -0.1) is 0 Å². The van der Waals surface area contributed by atoms with Crippen LogP contribution >= 0.6 is 0 Å². The van der Waals surface area contributed by atoms with E-state index in [1.165, 1.54) is 0 Å². The maximum atomic E-state index is 11.4. The molecule has 3 aromatic rings. The SMILES string of the molecule is O=C(O)C(NCc1nc2ccccc2o1)c1ccccc1. The molecule has 2 aromatic carbocycles. The summed E-state index contributed by atoms with van der Waals surface area (Å²) in [5.41, 5.74) is 2.16. The predicted octanol–water partition coefficient (Wildman–Crippen LogP) is 2.74. The molecule has 0 saturated heterocycles. The first-order valence-electron chi connectivity index (χ1n) is 6.59. The highest BCUT2D eigenvalue weighted by Crippen LogP contribution is 2.17. The van der Waals surface area contributed by atoms with Crippen LogP contribution in [0, 0.1) is 0 Å². The number of rotatable bonds is 5. The van der Waals surface area contributed by atoms with E-state index in [0.717, 1.165) is 5.52 Å². The molecular weight excluding hydrogens is 268 g/mol. The lowest BCUT2D eigenvalue weighted by Crippen LogP contribution is -2.28. The lowest BCUT2D eigenvalue weighted by atomic mass is 10.1. The summed E-state index contributed by atoms with van der Waals surface area (Å²) in [5.74, 6) is -0.462. The van der Waals surface area contributed by atoms with Crippen LogP contribution in [-0.4, -0.2) is 16.1 Å². The summed E-state index contributed by atoms with van der Waals surface area (Å²) in [7, 11) is 0. The molecule has 0 saturated carbocycles. The van der Waals surface area contributed by atoms with E-state index in [9.17, 15) is 9.90 Å². The quantitative estimate of drug-likeness (QED) is 0.752. The first-order valence-corrected chi connectivity index (χ1v) is 6.59. The molecule has 0 amide bonds. The van der Waals surface area contributed by atoms with Gasteiger partial charge in [0.2, 0.25) is 5.89 Å². The first kappa shape index (κ1) is 13.3. The van der Waals surface area contributed by atoms with Crippen LogP contribution in [-0.2, 0) is 11.3 Å². The molecule has 1 aromatic heterocycles. The number of hydrogen-bond acceptors (Lipinski definition) is 4. The number of carboxylic acid groups (broad SMARTS) is 1. The number of carboxylic acids is 1. The molecule has 5 nitrogen and oxygen atoms in total. The topological polar surface area (TPSA) is 75.4 Å². The number of fused-ring (bicyclic) bond motifs is 1. The van der Waals surface area contributed by atoms with Gasteiger partial charge in [0, 0.05) is 0 Å². The molecule has 0 aliphatic heterocycles. The zero-order chi connectivity index (χ0) is 14.7. The Morgan fingerprint density at radius 1 is 1.14 bits per heavy atom. The third-order valence-electron chi connectivity index (χ3n) is 3.18. The normalized spacial score (nSPS) is 12.4. The standard InChI is InChI=1S/C16H14N2O3/c19-16(20)15(11-6-2-1-3-7-11)17-10-14-18-12-8-4-5-9-13(12)21-14/h1-9,15,17H,10H2,(H,19,20). The van der Waals surface area contributed by atoms with Gasteiger partial charge in [0.25, 0.3) is 0 Å². The number of oxazole rings is 1. The number of carbonyl (C=O) groups is 1. The number of nitrogens with one attached hydrogen (secondary N) is 1. The van der Waals surface area contributed by atoms with Crippen LogP contribution in [0.15, 0.2) is 59.0 Å². The van der Waals surface area contributed by atoms with E-state index in [-0.39, 0.29) is 6.54 Å². The summed E-state index contributed by atoms with van der Waals surface area (Å²) in [4.78, 5) is 15.7. The highest BCUT2D eigenvalue weighted by atomic mass is 16.4. The zero-order valence-electron chi connectivity index (χ0n) is 11.2. The van der Waals surface area contributed by atoms with Gasteiger partial charge in [0.1, 0.15) is 11.6 Å². The molecule has 0 fully saturated rings. The first-order chi connectivity index (χ1) is 10.2. The van der Waals surface area contributed by atoms with Gasteiger partial charge in [-0.25, -0.2) is 4.98 Å². The number of nitrogens with zero attached hydrogens (tertiary/aromatic N) is 1. The van der Waals surface area contributed by atoms with E-state index < -0.39 is 12.0 Å². The van der Waals surface area contributed by atoms with Crippen LogP contribution in [0.5, 0.6) is 0 Å². The minimum absolute atomic E-state index is 0.251. The third-order valence-corrected chi connectivity index (χ3v) is 3.18. The molecule has 106 valence electrons. The smallest absolute Gasteiger partial charge is 0.325 e. The van der Waals surface area contributed by atoms with Crippen molar-refractivity contribution in [2.75, 3.05) is 0 Å². The fourth-order valence-corrected chi connectivity index (χ4v) is 2.18. The Morgan fingerprint density at radius 3 is 2.57 bits per heavy atom. The Balaban J connectivity index is 1.76. The highest BCUT2D eigenvalue weighted by molar-refractivity contribution is 5.75. The van der Waals surface area contributed by atoms with Gasteiger partial charge in [0.05, 0.1) is 6.54 Å². The maximum Gasteiger partial charge on any atom is 0.325 e. The molecule has 0 radical (unpaired) electrons. The summed E-state index contributed by atoms with van der Waals surface area (Å²) in [6.45, 7) is 0.251. The molecule has 0 aliphatic rings. The van der Waals surface area contributed by atoms with Crippen molar-refractivity contribution in [2.24, 2.45) is 0 Å². The van der Waals surface area contributed by atoms with Crippen molar-refractivity contribution in [3.8, 4) is 0 Å². The molecule has 3 rings (SSSR count). The van der Waals surface area contributed by atoms with Crippen molar-refractivity contribution in [2.45, 2.75) is 12.6 Å². The van der Waals surface area contributed by atoms with Crippen LogP contribution in [0.25, 0.3) is 11.1 Å². The van der Waals surface area contributed by atoms with Crippen molar-refractivity contribution < 1.29 is 14.3 Å². The number of benzene rings is 2. The highest BCUT2D eigenvalue weighted by Gasteiger charge is 2.19. The van der Waals surface area contributed by atoms with E-state index in [2.05, 4.69) is 10.3 Å². The predicted molar refractivity (Wildman–Crippen MR) is 77.7 cm³/mol. The Kier molecular flexibility index (Phi) is 3.66. The van der Waals surface area contributed by atoms with E-state index in [0.29, 0.717) is 17.0 Å². The van der Waals surface area contributed by atoms with Crippen molar-refractivity contribution in [3.63, 3.8) is 0 Å². The summed E-state index contributed by atoms with van der Waals surface area (Å²) >= 11 is 0. The average molecular weight is 282 g/mol. The van der Waals surface area contributed by atoms with E-state index in [4.69, 9.17) is 4.42 Å². The Labute approximate surface area is 121 Å². The summed E-state index contributed by atoms with van der Waals surface area (Å²) < 4.78 is 5.57. The fourth-order valence-electron chi connectivity index (χ4n) is 2.18. The zero-order valence-corrected chi connectivity index (χ0v) is 11.2. The molecule has 1 heterocycles. The Morgan fingerprint density at radius 2 is 1.86 bits per heavy atom. The molecule has 0 bridgehead atoms. The summed E-state index contributed by atoms with van der Waals surface area (Å²) in [6, 6.07) is 15.7. The lowest BCUT2D eigenvalue weighted by molar-refractivity contribution is -0.139. The van der Waals surface area contributed by atoms with Crippen LogP contribution in [0.2, 0.25) is 0 Å². The van der Waals surface area contributed by atoms with E-state index in [1.807, 2.05) is 42.5 Å². The average Bonchev–Trinajstić information content (AvgIpc) is 2.91. The largest absolute Gasteiger partial charge is 0.480 e. The maximum absolute atomic E-state index is 11.4. The van der Waals surface area contributed by atoms with Gasteiger partial charge in [-0.2, -0.15) is 0 Å². The van der Waals surface area contributed by atoms with E-state index >= 15 is 0 Å². The second kappa shape index (κ2) is 5.76. The Bertz CT molecular complexity index is 719. The molecule has 1 unspecified atom stereocenters. The third kappa shape index (κ3) is 2.93. The second-order valence-electron chi connectivity index (χ2n) is 4.64. The van der Waals surface area contributed by atoms with Crippen molar-refractivity contribution in [3.05, 3.63) is 66.1 Å². The van der Waals surface area contributed by atoms with Crippen LogP contribution in [0.4, 0.5) is 0 Å². The van der Waals surface area contributed by atoms with Crippen LogP contribution < -0.4 is 5.32 Å². The number of aliphatic carboxylic acids is 1. The van der Waals surface area contributed by atoms with Gasteiger partial charge >= 0.3 is 5.97 Å². The van der Waals surface area contributed by atoms with E-state index in [1.54, 1.807) is 12.1 Å². The van der Waals surface area contributed by atoms with Crippen molar-refractivity contribution >= 4 is 17.1 Å². The minimum Gasteiger partial charge on any atom is -0.480 e. The molecule has 5 heteroatoms. The van der Waals surface area contributed by atoms with Gasteiger partial charge in [-0.1, -0.05) is 42.5 Å². The Hall–Kier alpha value is -2.66. The molecular formula is C16H14N2O3. The molecule has 1 atom stereocenters. The number of hydrogen-bond donors (Lipinski definition) is 2. The monoisotopic (exact) mass is 282 g/mol. The van der Waals surface area contributed by atoms with Gasteiger partial charge < -0.3 is 9.52 Å². The summed E-state index contributed by atoms with van der Waals surface area (Å²) in [5, 5.41) is 12.3. The van der Waals surface area contributed by atoms with Crippen molar-refractivity contribution in [1.82, 2.24) is 10.3 Å². The lowest BCUT2D eigenvalue weighted by Gasteiger charge is -2.13. The van der Waals surface area contributed by atoms with Crippen molar-refractivity contribution in [1.29, 1.82) is 0 Å². The van der Waals surface area contributed by atoms with Gasteiger partial charge in [-0.05, 0) is 17.7 Å². The van der Waals surface area contributed by atoms with Crippen LogP contribution in [0.1, 0.15) is 17.5 Å². The van der Waals surface area contributed by atoms with Gasteiger partial charge in [-0.3, -0.25) is 10.1 Å². The van der Waals surface area contributed by atoms with Gasteiger partial charge in [0.15, 0.2) is 5.58 Å². The van der Waals surface area contributed by atoms with Crippen LogP contribution in [0.3, 0.4) is 0 Å². The number of aromatic nitrogens is 1. The molecule has 0 spiro atoms. The molecule has 0 aliphatic carbocycles. The molecule has 2 N–H and O–H groups in total. The minimum atomic E-state index is -0.933.